The number of ether oxygens (including phenoxy) is 3. The van der Waals surface area contributed by atoms with Gasteiger partial charge in [-0.25, -0.2) is 15.0 Å². The number of anilines is 1. The monoisotopic (exact) mass is 306 g/mol. The number of aromatic nitrogens is 4. The van der Waals surface area contributed by atoms with Crippen LogP contribution >= 0.6 is 0 Å². The summed E-state index contributed by atoms with van der Waals surface area (Å²) in [5, 5.41) is 0. The molecule has 2 aromatic rings. The lowest BCUT2D eigenvalue weighted by Crippen LogP contribution is -2.45. The van der Waals surface area contributed by atoms with Crippen LogP contribution in [0.2, 0.25) is 0 Å². The molecule has 0 spiro atoms. The molecule has 2 aliphatic rings. The van der Waals surface area contributed by atoms with Crippen molar-refractivity contribution in [2.45, 2.75) is 37.6 Å². The molecule has 0 aromatic carbocycles. The molecule has 9 heteroatoms. The average molecular weight is 306 g/mol. The molecule has 0 radical (unpaired) electrons. The van der Waals surface area contributed by atoms with Crippen molar-refractivity contribution in [2.24, 2.45) is 5.73 Å². The molecule has 9 nitrogen and oxygen atoms in total. The van der Waals surface area contributed by atoms with Gasteiger partial charge in [-0.2, -0.15) is 0 Å². The SMILES string of the molecule is CC1(C)OC2C(CN)OCC2(n2cnc3c(N)ncnc32)O1. The maximum atomic E-state index is 6.20. The van der Waals surface area contributed by atoms with Gasteiger partial charge in [-0.1, -0.05) is 0 Å². The van der Waals surface area contributed by atoms with Crippen LogP contribution in [0.25, 0.3) is 11.2 Å². The van der Waals surface area contributed by atoms with Crippen LogP contribution in [0.15, 0.2) is 12.7 Å². The Bertz CT molecular complexity index is 732. The van der Waals surface area contributed by atoms with Crippen molar-refractivity contribution in [3.63, 3.8) is 0 Å². The highest BCUT2D eigenvalue weighted by Crippen LogP contribution is 2.47. The molecule has 118 valence electrons. The zero-order chi connectivity index (χ0) is 15.5. The molecule has 22 heavy (non-hydrogen) atoms. The highest BCUT2D eigenvalue weighted by atomic mass is 16.8. The molecular weight excluding hydrogens is 288 g/mol. The lowest BCUT2D eigenvalue weighted by molar-refractivity contribution is -0.204. The number of nitrogens with two attached hydrogens (primary N) is 2. The molecule has 0 amide bonds. The Kier molecular flexibility index (Phi) is 2.74. The Morgan fingerprint density at radius 2 is 2.18 bits per heavy atom. The molecule has 2 aliphatic heterocycles. The smallest absolute Gasteiger partial charge is 0.203 e. The van der Waals surface area contributed by atoms with Gasteiger partial charge in [0.1, 0.15) is 24.1 Å². The topological polar surface area (TPSA) is 123 Å². The summed E-state index contributed by atoms with van der Waals surface area (Å²) < 4.78 is 19.8. The first-order chi connectivity index (χ1) is 10.5. The van der Waals surface area contributed by atoms with Crippen LogP contribution in [-0.2, 0) is 19.9 Å². The third kappa shape index (κ3) is 1.70. The van der Waals surface area contributed by atoms with Crippen molar-refractivity contribution in [1.29, 1.82) is 0 Å². The fraction of sp³-hybridized carbons (Fsp3) is 0.615. The number of imidazole rings is 1. The minimum Gasteiger partial charge on any atom is -0.382 e. The summed E-state index contributed by atoms with van der Waals surface area (Å²) >= 11 is 0. The molecule has 0 bridgehead atoms. The van der Waals surface area contributed by atoms with E-state index in [0.717, 1.165) is 0 Å². The van der Waals surface area contributed by atoms with Crippen molar-refractivity contribution in [3.8, 4) is 0 Å². The minimum atomic E-state index is -0.858. The highest BCUT2D eigenvalue weighted by molar-refractivity contribution is 5.81. The number of nitrogen functional groups attached to an aromatic ring is 1. The average Bonchev–Trinajstić information content (AvgIpc) is 3.08. The quantitative estimate of drug-likeness (QED) is 0.766. The van der Waals surface area contributed by atoms with Crippen molar-refractivity contribution in [1.82, 2.24) is 19.5 Å². The molecule has 2 fully saturated rings. The summed E-state index contributed by atoms with van der Waals surface area (Å²) in [6.07, 6.45) is 2.44. The molecule has 0 saturated carbocycles. The van der Waals surface area contributed by atoms with Gasteiger partial charge in [0.2, 0.25) is 5.72 Å². The fourth-order valence-corrected chi connectivity index (χ4v) is 3.27. The number of rotatable bonds is 2. The first-order valence-electron chi connectivity index (χ1n) is 7.10. The number of nitrogens with zero attached hydrogens (tertiary/aromatic N) is 4. The molecule has 2 aromatic heterocycles. The Hall–Kier alpha value is -1.81. The summed E-state index contributed by atoms with van der Waals surface area (Å²) in [5.74, 6) is -0.430. The van der Waals surface area contributed by atoms with Gasteiger partial charge in [-0.05, 0) is 13.8 Å². The van der Waals surface area contributed by atoms with E-state index in [1.54, 1.807) is 6.33 Å². The lowest BCUT2D eigenvalue weighted by atomic mass is 10.1. The first kappa shape index (κ1) is 13.8. The Morgan fingerprint density at radius 1 is 1.36 bits per heavy atom. The summed E-state index contributed by atoms with van der Waals surface area (Å²) in [4.78, 5) is 12.6. The second-order valence-electron chi connectivity index (χ2n) is 6.02. The highest BCUT2D eigenvalue weighted by Gasteiger charge is 2.62. The van der Waals surface area contributed by atoms with E-state index in [1.807, 2.05) is 18.4 Å². The Labute approximate surface area is 126 Å². The van der Waals surface area contributed by atoms with Gasteiger partial charge in [-0.3, -0.25) is 4.57 Å². The third-order valence-electron chi connectivity index (χ3n) is 4.12. The molecule has 0 aliphatic carbocycles. The Balaban J connectivity index is 1.90. The maximum absolute atomic E-state index is 6.20. The molecule has 3 atom stereocenters. The van der Waals surface area contributed by atoms with Gasteiger partial charge < -0.3 is 25.7 Å². The van der Waals surface area contributed by atoms with E-state index < -0.39 is 11.5 Å². The standard InChI is InChI=1S/C13H18N6O3/c1-12(2)21-9-7(3-14)20-4-13(9,22-12)19-6-18-8-10(15)16-5-17-11(8)19/h5-7,9H,3-4,14H2,1-2H3,(H2,15,16,17). The van der Waals surface area contributed by atoms with Crippen LogP contribution in [-0.4, -0.2) is 50.7 Å². The minimum absolute atomic E-state index is 0.251. The predicted octanol–water partition coefficient (Wildman–Crippen LogP) is -0.430. The van der Waals surface area contributed by atoms with Crippen LogP contribution in [0.3, 0.4) is 0 Å². The fourth-order valence-electron chi connectivity index (χ4n) is 3.27. The van der Waals surface area contributed by atoms with Gasteiger partial charge in [-0.15, -0.1) is 0 Å². The normalized spacial score (nSPS) is 33.4. The Morgan fingerprint density at radius 3 is 2.95 bits per heavy atom. The summed E-state index contributed by atoms with van der Waals surface area (Å²) in [7, 11) is 0. The number of hydrogen-bond acceptors (Lipinski definition) is 8. The number of fused-ring (bicyclic) bond motifs is 2. The van der Waals surface area contributed by atoms with Gasteiger partial charge in [0.05, 0.1) is 12.9 Å². The molecule has 4 heterocycles. The second-order valence-corrected chi connectivity index (χ2v) is 6.02. The predicted molar refractivity (Wildman–Crippen MR) is 76.5 cm³/mol. The maximum Gasteiger partial charge on any atom is 0.203 e. The van der Waals surface area contributed by atoms with Gasteiger partial charge in [0.15, 0.2) is 17.3 Å². The molecular formula is C13H18N6O3. The largest absolute Gasteiger partial charge is 0.382 e. The van der Waals surface area contributed by atoms with Crippen molar-refractivity contribution < 1.29 is 14.2 Å². The van der Waals surface area contributed by atoms with Crippen LogP contribution < -0.4 is 11.5 Å². The molecule has 4 N–H and O–H groups in total. The van der Waals surface area contributed by atoms with Crippen molar-refractivity contribution >= 4 is 17.0 Å². The van der Waals surface area contributed by atoms with E-state index in [0.29, 0.717) is 30.1 Å². The van der Waals surface area contributed by atoms with E-state index in [9.17, 15) is 0 Å². The van der Waals surface area contributed by atoms with E-state index >= 15 is 0 Å². The third-order valence-corrected chi connectivity index (χ3v) is 4.12. The van der Waals surface area contributed by atoms with Crippen LogP contribution in [0.5, 0.6) is 0 Å². The number of hydrogen-bond donors (Lipinski definition) is 2. The summed E-state index contributed by atoms with van der Waals surface area (Å²) in [6.45, 7) is 4.38. The summed E-state index contributed by atoms with van der Waals surface area (Å²) in [6, 6.07) is 0. The zero-order valence-corrected chi connectivity index (χ0v) is 12.4. The van der Waals surface area contributed by atoms with E-state index in [1.165, 1.54) is 6.33 Å². The molecule has 4 rings (SSSR count). The zero-order valence-electron chi connectivity index (χ0n) is 12.4. The van der Waals surface area contributed by atoms with Gasteiger partial charge >= 0.3 is 0 Å². The lowest BCUT2D eigenvalue weighted by Gasteiger charge is -2.28. The molecule has 3 unspecified atom stereocenters. The molecule has 2 saturated heterocycles. The van der Waals surface area contributed by atoms with Crippen LogP contribution in [0.1, 0.15) is 13.8 Å². The van der Waals surface area contributed by atoms with Crippen LogP contribution in [0.4, 0.5) is 5.82 Å². The summed E-state index contributed by atoms with van der Waals surface area (Å²) in [5.41, 5.74) is 11.9. The van der Waals surface area contributed by atoms with Crippen molar-refractivity contribution in [2.75, 3.05) is 18.9 Å². The van der Waals surface area contributed by atoms with Crippen LogP contribution in [0, 0.1) is 0 Å². The van der Waals surface area contributed by atoms with E-state index in [-0.39, 0.29) is 12.2 Å². The van der Waals surface area contributed by atoms with E-state index in [2.05, 4.69) is 15.0 Å². The van der Waals surface area contributed by atoms with Crippen molar-refractivity contribution in [3.05, 3.63) is 12.7 Å². The first-order valence-corrected chi connectivity index (χ1v) is 7.10. The van der Waals surface area contributed by atoms with Gasteiger partial charge in [0.25, 0.3) is 0 Å². The second kappa shape index (κ2) is 4.35. The van der Waals surface area contributed by atoms with E-state index in [4.69, 9.17) is 25.7 Å². The van der Waals surface area contributed by atoms with Gasteiger partial charge in [0, 0.05) is 6.54 Å².